The lowest BCUT2D eigenvalue weighted by molar-refractivity contribution is 1.03. The molecule has 0 aliphatic carbocycles. The molecule has 3 N–H and O–H groups in total. The van der Waals surface area contributed by atoms with Gasteiger partial charge in [0, 0.05) is 0 Å². The molecule has 18 heavy (non-hydrogen) atoms. The van der Waals surface area contributed by atoms with Crippen molar-refractivity contribution in [2.75, 3.05) is 5.73 Å². The van der Waals surface area contributed by atoms with Gasteiger partial charge in [0.1, 0.15) is 10.8 Å². The minimum Gasteiger partial charge on any atom is -0.382 e. The van der Waals surface area contributed by atoms with Gasteiger partial charge in [-0.25, -0.2) is 15.0 Å². The monoisotopic (exact) mass is 257 g/mol. The molecule has 6 heteroatoms. The molecule has 90 valence electrons. The summed E-state index contributed by atoms with van der Waals surface area (Å²) in [5, 5.41) is 1.56. The number of nitrogens with zero attached hydrogens (tertiary/aromatic N) is 3. The van der Waals surface area contributed by atoms with Crippen LogP contribution in [0.15, 0.2) is 40.8 Å². The SMILES string of the molecule is Cc1ccc2nc(Sc3cnc(N)cn3)[nH]c2c1. The van der Waals surface area contributed by atoms with E-state index in [2.05, 4.69) is 32.9 Å². The number of aromatic nitrogens is 4. The zero-order valence-corrected chi connectivity index (χ0v) is 10.5. The molecule has 1 aromatic carbocycles. The number of imidazole rings is 1. The summed E-state index contributed by atoms with van der Waals surface area (Å²) >= 11 is 1.43. The predicted molar refractivity (Wildman–Crippen MR) is 71.4 cm³/mol. The van der Waals surface area contributed by atoms with Gasteiger partial charge in [0.05, 0.1) is 23.4 Å². The van der Waals surface area contributed by atoms with Gasteiger partial charge in [-0.1, -0.05) is 6.07 Å². The summed E-state index contributed by atoms with van der Waals surface area (Å²) in [4.78, 5) is 15.9. The van der Waals surface area contributed by atoms with Gasteiger partial charge < -0.3 is 10.7 Å². The maximum Gasteiger partial charge on any atom is 0.172 e. The van der Waals surface area contributed by atoms with Crippen molar-refractivity contribution in [2.24, 2.45) is 0 Å². The number of benzene rings is 1. The second-order valence-electron chi connectivity index (χ2n) is 3.94. The van der Waals surface area contributed by atoms with Crippen LogP contribution in [0.25, 0.3) is 11.0 Å². The first-order valence-corrected chi connectivity index (χ1v) is 6.24. The average molecular weight is 257 g/mol. The fourth-order valence-electron chi connectivity index (χ4n) is 1.63. The Balaban J connectivity index is 1.92. The minimum absolute atomic E-state index is 0.416. The van der Waals surface area contributed by atoms with E-state index in [9.17, 15) is 0 Å². The lowest BCUT2D eigenvalue weighted by atomic mass is 10.2. The van der Waals surface area contributed by atoms with Gasteiger partial charge in [0.2, 0.25) is 0 Å². The quantitative estimate of drug-likeness (QED) is 0.736. The first-order chi connectivity index (χ1) is 8.70. The lowest BCUT2D eigenvalue weighted by Crippen LogP contribution is -1.91. The summed E-state index contributed by atoms with van der Waals surface area (Å²) in [7, 11) is 0. The van der Waals surface area contributed by atoms with E-state index in [0.717, 1.165) is 21.2 Å². The number of hydrogen-bond acceptors (Lipinski definition) is 5. The topological polar surface area (TPSA) is 80.5 Å². The van der Waals surface area contributed by atoms with Crippen LogP contribution in [0.5, 0.6) is 0 Å². The number of rotatable bonds is 2. The highest BCUT2D eigenvalue weighted by Gasteiger charge is 2.05. The second-order valence-corrected chi connectivity index (χ2v) is 4.95. The maximum absolute atomic E-state index is 5.49. The smallest absolute Gasteiger partial charge is 0.172 e. The molecule has 0 spiro atoms. The predicted octanol–water partition coefficient (Wildman–Crippen LogP) is 2.39. The van der Waals surface area contributed by atoms with Crippen molar-refractivity contribution in [1.82, 2.24) is 19.9 Å². The Morgan fingerprint density at radius 2 is 2.11 bits per heavy atom. The molecule has 5 nitrogen and oxygen atoms in total. The number of hydrogen-bond donors (Lipinski definition) is 2. The van der Waals surface area contributed by atoms with Crippen molar-refractivity contribution >= 4 is 28.6 Å². The number of nitrogens with two attached hydrogens (primary N) is 1. The molecule has 3 aromatic rings. The molecule has 0 atom stereocenters. The summed E-state index contributed by atoms with van der Waals surface area (Å²) in [5.74, 6) is 0.416. The molecule has 0 amide bonds. The largest absolute Gasteiger partial charge is 0.382 e. The number of fused-ring (bicyclic) bond motifs is 1. The van der Waals surface area contributed by atoms with Crippen LogP contribution < -0.4 is 5.73 Å². The molecule has 0 saturated heterocycles. The van der Waals surface area contributed by atoms with Crippen LogP contribution in [0.3, 0.4) is 0 Å². The highest BCUT2D eigenvalue weighted by atomic mass is 32.2. The molecular weight excluding hydrogens is 246 g/mol. The van der Waals surface area contributed by atoms with Gasteiger partial charge in [0.25, 0.3) is 0 Å². The third kappa shape index (κ3) is 2.14. The third-order valence-electron chi connectivity index (χ3n) is 2.47. The Bertz CT molecular complexity index is 689. The second kappa shape index (κ2) is 4.30. The summed E-state index contributed by atoms with van der Waals surface area (Å²) in [5.41, 5.74) is 8.67. The molecule has 0 saturated carbocycles. The van der Waals surface area contributed by atoms with Crippen molar-refractivity contribution in [1.29, 1.82) is 0 Å². The Kier molecular flexibility index (Phi) is 2.64. The van der Waals surface area contributed by atoms with Gasteiger partial charge in [0.15, 0.2) is 5.16 Å². The van der Waals surface area contributed by atoms with Crippen LogP contribution in [-0.2, 0) is 0 Å². The Labute approximate surface area is 108 Å². The van der Waals surface area contributed by atoms with Crippen molar-refractivity contribution in [3.63, 3.8) is 0 Å². The van der Waals surface area contributed by atoms with Crippen molar-refractivity contribution < 1.29 is 0 Å². The highest BCUT2D eigenvalue weighted by Crippen LogP contribution is 2.25. The van der Waals surface area contributed by atoms with Gasteiger partial charge in [-0.15, -0.1) is 0 Å². The van der Waals surface area contributed by atoms with Crippen molar-refractivity contribution in [3.8, 4) is 0 Å². The molecule has 0 radical (unpaired) electrons. The summed E-state index contributed by atoms with van der Waals surface area (Å²) in [6.07, 6.45) is 3.17. The fraction of sp³-hybridized carbons (Fsp3) is 0.0833. The van der Waals surface area contributed by atoms with Crippen LogP contribution in [-0.4, -0.2) is 19.9 Å². The Morgan fingerprint density at radius 3 is 2.89 bits per heavy atom. The van der Waals surface area contributed by atoms with E-state index in [-0.39, 0.29) is 0 Å². The van der Waals surface area contributed by atoms with E-state index in [1.165, 1.54) is 23.5 Å². The molecule has 0 fully saturated rings. The van der Waals surface area contributed by atoms with Gasteiger partial charge in [-0.2, -0.15) is 0 Å². The van der Waals surface area contributed by atoms with Gasteiger partial charge in [-0.05, 0) is 36.4 Å². The summed E-state index contributed by atoms with van der Waals surface area (Å²) in [6, 6.07) is 6.11. The van der Waals surface area contributed by atoms with Crippen LogP contribution in [0.2, 0.25) is 0 Å². The zero-order chi connectivity index (χ0) is 12.5. The molecule has 0 aliphatic heterocycles. The molecular formula is C12H11N5S. The third-order valence-corrected chi connectivity index (χ3v) is 3.27. The standard InChI is InChI=1S/C12H11N5S/c1-7-2-3-8-9(4-7)17-12(16-8)18-11-6-14-10(13)5-15-11/h2-6H,1H3,(H2,13,14)(H,16,17). The molecule has 2 aromatic heterocycles. The highest BCUT2D eigenvalue weighted by molar-refractivity contribution is 7.99. The van der Waals surface area contributed by atoms with E-state index >= 15 is 0 Å². The molecule has 0 aliphatic rings. The van der Waals surface area contributed by atoms with Crippen molar-refractivity contribution in [3.05, 3.63) is 36.2 Å². The minimum atomic E-state index is 0.416. The van der Waals surface area contributed by atoms with E-state index in [0.29, 0.717) is 5.82 Å². The number of anilines is 1. The Morgan fingerprint density at radius 1 is 1.22 bits per heavy atom. The molecule has 0 bridgehead atoms. The number of aromatic amines is 1. The van der Waals surface area contributed by atoms with Crippen LogP contribution >= 0.6 is 11.8 Å². The van der Waals surface area contributed by atoms with Crippen LogP contribution in [0.1, 0.15) is 5.56 Å². The fourth-order valence-corrected chi connectivity index (χ4v) is 2.34. The van der Waals surface area contributed by atoms with E-state index < -0.39 is 0 Å². The normalized spacial score (nSPS) is 10.9. The number of H-pyrrole nitrogens is 1. The Hall–Kier alpha value is -2.08. The first kappa shape index (κ1) is 11.0. The maximum atomic E-state index is 5.49. The van der Waals surface area contributed by atoms with Crippen molar-refractivity contribution in [2.45, 2.75) is 17.1 Å². The van der Waals surface area contributed by atoms with Crippen LogP contribution in [0.4, 0.5) is 5.82 Å². The lowest BCUT2D eigenvalue weighted by Gasteiger charge is -1.96. The summed E-state index contributed by atoms with van der Waals surface area (Å²) in [6.45, 7) is 2.05. The van der Waals surface area contributed by atoms with Gasteiger partial charge in [-0.3, -0.25) is 0 Å². The number of nitrogens with one attached hydrogen (secondary N) is 1. The van der Waals surface area contributed by atoms with E-state index in [4.69, 9.17) is 5.73 Å². The van der Waals surface area contributed by atoms with E-state index in [1.54, 1.807) is 6.20 Å². The van der Waals surface area contributed by atoms with Gasteiger partial charge >= 0.3 is 0 Å². The number of aryl methyl sites for hydroxylation is 1. The van der Waals surface area contributed by atoms with E-state index in [1.807, 2.05) is 12.1 Å². The first-order valence-electron chi connectivity index (χ1n) is 5.42. The zero-order valence-electron chi connectivity index (χ0n) is 9.71. The summed E-state index contributed by atoms with van der Waals surface area (Å²) < 4.78 is 0. The molecule has 3 rings (SSSR count). The molecule has 0 unspecified atom stereocenters. The van der Waals surface area contributed by atoms with Crippen LogP contribution in [0, 0.1) is 6.92 Å². The average Bonchev–Trinajstić information content (AvgIpc) is 2.73. The molecule has 2 heterocycles. The number of nitrogen functional groups attached to an aromatic ring is 1.